The van der Waals surface area contributed by atoms with Gasteiger partial charge in [0.1, 0.15) is 11.5 Å². The van der Waals surface area contributed by atoms with E-state index in [0.29, 0.717) is 13.0 Å². The third-order valence-electron chi connectivity index (χ3n) is 3.38. The van der Waals surface area contributed by atoms with Gasteiger partial charge in [0.25, 0.3) is 0 Å². The number of nitrogens with zero attached hydrogens (tertiary/aromatic N) is 1. The van der Waals surface area contributed by atoms with Crippen molar-refractivity contribution in [1.82, 2.24) is 4.57 Å². The summed E-state index contributed by atoms with van der Waals surface area (Å²) in [4.78, 5) is 11.3. The maximum absolute atomic E-state index is 11.3. The summed E-state index contributed by atoms with van der Waals surface area (Å²) >= 11 is 0. The first kappa shape index (κ1) is 14.4. The molecule has 1 heterocycles. The van der Waals surface area contributed by atoms with Crippen molar-refractivity contribution in [2.45, 2.75) is 34.1 Å². The van der Waals surface area contributed by atoms with Crippen molar-refractivity contribution in [2.75, 3.05) is 6.61 Å². The van der Waals surface area contributed by atoms with E-state index in [4.69, 9.17) is 4.74 Å². The van der Waals surface area contributed by atoms with E-state index < -0.39 is 0 Å². The monoisotopic (exact) mass is 271 g/mol. The molecule has 0 atom stereocenters. The first-order chi connectivity index (χ1) is 9.52. The molecule has 0 radical (unpaired) electrons. The molecule has 106 valence electrons. The van der Waals surface area contributed by atoms with Gasteiger partial charge in [0.05, 0.1) is 6.61 Å². The number of rotatable bonds is 5. The molecule has 0 aliphatic carbocycles. The van der Waals surface area contributed by atoms with Crippen LogP contribution in [0.15, 0.2) is 30.3 Å². The van der Waals surface area contributed by atoms with Crippen molar-refractivity contribution >= 4 is 5.78 Å². The number of aromatic nitrogens is 1. The number of Topliss-reactive ketones (excluding diaryl/α,β-unsaturated/α-hetero) is 1. The lowest BCUT2D eigenvalue weighted by atomic mass is 10.1. The molecule has 0 aliphatic heterocycles. The highest BCUT2D eigenvalue weighted by Crippen LogP contribution is 2.23. The van der Waals surface area contributed by atoms with Gasteiger partial charge >= 0.3 is 0 Å². The van der Waals surface area contributed by atoms with Gasteiger partial charge in [-0.15, -0.1) is 0 Å². The van der Waals surface area contributed by atoms with Gasteiger partial charge in [0.2, 0.25) is 0 Å². The lowest BCUT2D eigenvalue weighted by Crippen LogP contribution is -2.02. The highest BCUT2D eigenvalue weighted by atomic mass is 16.5. The largest absolute Gasteiger partial charge is 0.494 e. The van der Waals surface area contributed by atoms with Crippen molar-refractivity contribution in [3.05, 3.63) is 47.3 Å². The maximum Gasteiger partial charge on any atom is 0.134 e. The Balaban J connectivity index is 2.37. The molecule has 2 aromatic rings. The van der Waals surface area contributed by atoms with Crippen molar-refractivity contribution in [3.63, 3.8) is 0 Å². The average molecular weight is 271 g/mol. The van der Waals surface area contributed by atoms with E-state index in [1.807, 2.05) is 31.2 Å². The molecule has 20 heavy (non-hydrogen) atoms. The zero-order valence-corrected chi connectivity index (χ0v) is 12.6. The van der Waals surface area contributed by atoms with Crippen molar-refractivity contribution in [3.8, 4) is 11.4 Å². The van der Waals surface area contributed by atoms with Crippen molar-refractivity contribution in [1.29, 1.82) is 0 Å². The fourth-order valence-corrected chi connectivity index (χ4v) is 2.53. The molecule has 0 bridgehead atoms. The summed E-state index contributed by atoms with van der Waals surface area (Å²) in [7, 11) is 0. The van der Waals surface area contributed by atoms with Crippen molar-refractivity contribution < 1.29 is 9.53 Å². The van der Waals surface area contributed by atoms with Crippen LogP contribution in [0.3, 0.4) is 0 Å². The van der Waals surface area contributed by atoms with E-state index in [1.165, 1.54) is 0 Å². The Morgan fingerprint density at radius 1 is 1.20 bits per heavy atom. The van der Waals surface area contributed by atoms with Crippen LogP contribution in [0.5, 0.6) is 5.75 Å². The van der Waals surface area contributed by atoms with Gasteiger partial charge in [-0.3, -0.25) is 4.79 Å². The summed E-state index contributed by atoms with van der Waals surface area (Å²) in [6, 6.07) is 10.1. The standard InChI is InChI=1S/C17H21NO2/c1-5-20-17-8-6-16(7-9-17)18-12(2)10-15(14(18)4)11-13(3)19/h6-10H,5,11H2,1-4H3. The molecule has 3 nitrogen and oxygen atoms in total. The molecule has 0 saturated carbocycles. The van der Waals surface area contributed by atoms with Gasteiger partial charge < -0.3 is 9.30 Å². The predicted octanol–water partition coefficient (Wildman–Crippen LogP) is 3.62. The molecule has 0 N–H and O–H groups in total. The predicted molar refractivity (Wildman–Crippen MR) is 80.8 cm³/mol. The Kier molecular flexibility index (Phi) is 4.28. The molecule has 2 rings (SSSR count). The fraction of sp³-hybridized carbons (Fsp3) is 0.353. The van der Waals surface area contributed by atoms with Gasteiger partial charge in [-0.2, -0.15) is 0 Å². The van der Waals surface area contributed by atoms with Crippen LogP contribution < -0.4 is 4.74 Å². The van der Waals surface area contributed by atoms with Gasteiger partial charge in [-0.1, -0.05) is 0 Å². The summed E-state index contributed by atoms with van der Waals surface area (Å²) in [5.41, 5.74) is 4.46. The zero-order valence-electron chi connectivity index (χ0n) is 12.6. The third-order valence-corrected chi connectivity index (χ3v) is 3.38. The van der Waals surface area contributed by atoms with Crippen LogP contribution in [-0.2, 0) is 11.2 Å². The Labute approximate surface area is 120 Å². The van der Waals surface area contributed by atoms with E-state index in [-0.39, 0.29) is 5.78 Å². The van der Waals surface area contributed by atoms with Gasteiger partial charge in [0.15, 0.2) is 0 Å². The first-order valence-corrected chi connectivity index (χ1v) is 6.93. The molecule has 0 unspecified atom stereocenters. The highest BCUT2D eigenvalue weighted by molar-refractivity contribution is 5.78. The van der Waals surface area contributed by atoms with E-state index in [9.17, 15) is 4.79 Å². The van der Waals surface area contributed by atoms with Crippen LogP contribution in [0.2, 0.25) is 0 Å². The Morgan fingerprint density at radius 2 is 1.85 bits per heavy atom. The van der Waals surface area contributed by atoms with Crippen LogP contribution >= 0.6 is 0 Å². The molecule has 0 spiro atoms. The highest BCUT2D eigenvalue weighted by Gasteiger charge is 2.11. The number of ketones is 1. The maximum atomic E-state index is 11.3. The van der Waals surface area contributed by atoms with E-state index in [1.54, 1.807) is 6.92 Å². The number of benzene rings is 1. The average Bonchev–Trinajstić information content (AvgIpc) is 2.65. The number of aryl methyl sites for hydroxylation is 1. The lowest BCUT2D eigenvalue weighted by molar-refractivity contribution is -0.116. The second kappa shape index (κ2) is 5.95. The van der Waals surface area contributed by atoms with Gasteiger partial charge in [0, 0.05) is 23.5 Å². The topological polar surface area (TPSA) is 31.2 Å². The van der Waals surface area contributed by atoms with E-state index >= 15 is 0 Å². The summed E-state index contributed by atoms with van der Waals surface area (Å²) in [6.45, 7) is 8.39. The minimum absolute atomic E-state index is 0.192. The molecular weight excluding hydrogens is 250 g/mol. The molecule has 0 fully saturated rings. The molecule has 0 saturated heterocycles. The van der Waals surface area contributed by atoms with E-state index in [0.717, 1.165) is 28.4 Å². The lowest BCUT2D eigenvalue weighted by Gasteiger charge is -2.11. The van der Waals surface area contributed by atoms with Crippen LogP contribution in [0.25, 0.3) is 5.69 Å². The number of ether oxygens (including phenoxy) is 1. The van der Waals surface area contributed by atoms with E-state index in [2.05, 4.69) is 24.5 Å². The number of hydrogen-bond acceptors (Lipinski definition) is 2. The van der Waals surface area contributed by atoms with Crippen LogP contribution in [0.4, 0.5) is 0 Å². The number of carbonyl (C=O) groups excluding carboxylic acids is 1. The SMILES string of the molecule is CCOc1ccc(-n2c(C)cc(CC(C)=O)c2C)cc1. The minimum atomic E-state index is 0.192. The zero-order chi connectivity index (χ0) is 14.7. The fourth-order valence-electron chi connectivity index (χ4n) is 2.53. The summed E-state index contributed by atoms with van der Waals surface area (Å²) in [6.07, 6.45) is 0.497. The Morgan fingerprint density at radius 3 is 2.40 bits per heavy atom. The molecule has 1 aromatic heterocycles. The summed E-state index contributed by atoms with van der Waals surface area (Å²) in [5, 5.41) is 0. The molecule has 0 aliphatic rings. The van der Waals surface area contributed by atoms with Crippen LogP contribution in [0, 0.1) is 13.8 Å². The third kappa shape index (κ3) is 2.93. The number of hydrogen-bond donors (Lipinski definition) is 0. The molecule has 1 aromatic carbocycles. The minimum Gasteiger partial charge on any atom is -0.494 e. The Hall–Kier alpha value is -2.03. The summed E-state index contributed by atoms with van der Waals surface area (Å²) in [5.74, 6) is 1.07. The smallest absolute Gasteiger partial charge is 0.134 e. The number of carbonyl (C=O) groups is 1. The second-order valence-electron chi connectivity index (χ2n) is 5.04. The van der Waals surface area contributed by atoms with Gasteiger partial charge in [-0.05, 0) is 63.6 Å². The van der Waals surface area contributed by atoms with Crippen LogP contribution in [0.1, 0.15) is 30.8 Å². The van der Waals surface area contributed by atoms with Crippen molar-refractivity contribution in [2.24, 2.45) is 0 Å². The summed E-state index contributed by atoms with van der Waals surface area (Å²) < 4.78 is 7.64. The Bertz CT molecular complexity index is 609. The molecular formula is C17H21NO2. The first-order valence-electron chi connectivity index (χ1n) is 6.93. The second-order valence-corrected chi connectivity index (χ2v) is 5.04. The molecule has 0 amide bonds. The van der Waals surface area contributed by atoms with Crippen LogP contribution in [-0.4, -0.2) is 17.0 Å². The molecule has 3 heteroatoms. The van der Waals surface area contributed by atoms with Gasteiger partial charge in [-0.25, -0.2) is 0 Å². The quantitative estimate of drug-likeness (QED) is 0.831. The normalized spacial score (nSPS) is 10.6.